The van der Waals surface area contributed by atoms with Crippen molar-refractivity contribution >= 4 is 37.0 Å². The molecule has 2 aliphatic rings. The molecule has 4 rings (SSSR count). The highest BCUT2D eigenvalue weighted by Crippen LogP contribution is 2.26. The van der Waals surface area contributed by atoms with Crippen LogP contribution in [0.2, 0.25) is 5.02 Å². The van der Waals surface area contributed by atoms with Gasteiger partial charge in [-0.1, -0.05) is 23.7 Å². The third-order valence-electron chi connectivity index (χ3n) is 5.60. The second-order valence-corrected chi connectivity index (χ2v) is 8.00. The fraction of sp³-hybridized carbons (Fsp3) is 0.579. The van der Waals surface area contributed by atoms with Gasteiger partial charge in [0.25, 0.3) is 0 Å². The molecule has 2 atom stereocenters. The Kier molecular flexibility index (Phi) is 7.09. The summed E-state index contributed by atoms with van der Waals surface area (Å²) in [7, 11) is 0. The maximum Gasteiger partial charge on any atom is 0.246 e. The van der Waals surface area contributed by atoms with Gasteiger partial charge in [-0.05, 0) is 43.9 Å². The molecule has 3 heterocycles. The zero-order chi connectivity index (χ0) is 18.8. The van der Waals surface area contributed by atoms with Crippen molar-refractivity contribution in [3.63, 3.8) is 0 Å². The molecule has 3 N–H and O–H groups in total. The molecule has 2 unspecified atom stereocenters. The zero-order valence-corrected chi connectivity index (χ0v) is 17.9. The monoisotopic (exact) mass is 424 g/mol. The summed E-state index contributed by atoms with van der Waals surface area (Å²) in [6, 6.07) is 9.13. The highest BCUT2D eigenvalue weighted by atomic mass is 35.5. The summed E-state index contributed by atoms with van der Waals surface area (Å²) < 4.78 is 5.98. The van der Waals surface area contributed by atoms with Gasteiger partial charge in [0.15, 0.2) is 0 Å². The second kappa shape index (κ2) is 9.35. The number of nitrogens with two attached hydrogens (primary N) is 1. The summed E-state index contributed by atoms with van der Waals surface area (Å²) >= 11 is 6.03. The number of nitrogens with one attached hydrogen (secondary N) is 1. The molecule has 28 heavy (non-hydrogen) atoms. The third-order valence-corrected chi connectivity index (χ3v) is 5.85. The predicted molar refractivity (Wildman–Crippen MR) is 117 cm³/mol. The summed E-state index contributed by atoms with van der Waals surface area (Å²) in [5.74, 6) is 1.08. The van der Waals surface area contributed by atoms with E-state index in [1.807, 2.05) is 12.1 Å². The van der Waals surface area contributed by atoms with Gasteiger partial charge in [-0.15, -0.1) is 5.10 Å². The molecule has 0 bridgehead atoms. The van der Waals surface area contributed by atoms with E-state index in [2.05, 4.69) is 44.0 Å². The van der Waals surface area contributed by atoms with Crippen molar-refractivity contribution in [3.05, 3.63) is 34.9 Å². The Balaban J connectivity index is 0.00000225. The standard InChI is InChI=1S/C19H27ClN6O.H2S/c1-13-11-26(17(12-27-13)10-14-2-4-15(20)5-3-14)16-6-8-25(9-7-16)19-22-18(21)23-24-19;/h2-5,13,16-17H,6-12H2,1H3,(H3,21,22,23,24);1H2. The fourth-order valence-electron chi connectivity index (χ4n) is 4.19. The van der Waals surface area contributed by atoms with Gasteiger partial charge < -0.3 is 15.4 Å². The average molecular weight is 425 g/mol. The molecule has 1 aromatic carbocycles. The maximum absolute atomic E-state index is 6.03. The van der Waals surface area contributed by atoms with Gasteiger partial charge in [-0.25, -0.2) is 5.10 Å². The van der Waals surface area contributed by atoms with Crippen LogP contribution in [0.5, 0.6) is 0 Å². The highest BCUT2D eigenvalue weighted by molar-refractivity contribution is 7.59. The van der Waals surface area contributed by atoms with E-state index in [1.54, 1.807) is 0 Å². The fourth-order valence-corrected chi connectivity index (χ4v) is 4.32. The Hall–Kier alpha value is -1.48. The largest absolute Gasteiger partial charge is 0.376 e. The van der Waals surface area contributed by atoms with Crippen molar-refractivity contribution < 1.29 is 4.74 Å². The Morgan fingerprint density at radius 2 is 1.96 bits per heavy atom. The third kappa shape index (κ3) is 4.92. The van der Waals surface area contributed by atoms with Gasteiger partial charge in [-0.3, -0.25) is 4.90 Å². The topological polar surface area (TPSA) is 83.3 Å². The maximum atomic E-state index is 6.03. The van der Waals surface area contributed by atoms with E-state index in [-0.39, 0.29) is 19.6 Å². The number of aromatic nitrogens is 3. The van der Waals surface area contributed by atoms with Crippen LogP contribution in [0.25, 0.3) is 0 Å². The normalized spacial score (nSPS) is 24.1. The SMILES string of the molecule is CC1CN(C2CCN(c3n[nH]c(N)n3)CC2)C(Cc2ccc(Cl)cc2)CO1.S. The number of ether oxygens (including phenoxy) is 1. The number of anilines is 2. The van der Waals surface area contributed by atoms with E-state index in [9.17, 15) is 0 Å². The Bertz CT molecular complexity index is 749. The van der Waals surface area contributed by atoms with Gasteiger partial charge >= 0.3 is 0 Å². The minimum atomic E-state index is 0. The van der Waals surface area contributed by atoms with Crippen LogP contribution in [-0.2, 0) is 11.2 Å². The summed E-state index contributed by atoms with van der Waals surface area (Å²) in [5.41, 5.74) is 6.97. The molecular weight excluding hydrogens is 396 g/mol. The van der Waals surface area contributed by atoms with E-state index in [4.69, 9.17) is 22.1 Å². The van der Waals surface area contributed by atoms with E-state index in [0.717, 1.165) is 50.5 Å². The molecule has 7 nitrogen and oxygen atoms in total. The van der Waals surface area contributed by atoms with Crippen LogP contribution in [0, 0.1) is 0 Å². The molecule has 2 aliphatic heterocycles. The van der Waals surface area contributed by atoms with Crippen molar-refractivity contribution in [1.82, 2.24) is 20.1 Å². The van der Waals surface area contributed by atoms with E-state index in [0.29, 0.717) is 24.0 Å². The van der Waals surface area contributed by atoms with E-state index < -0.39 is 0 Å². The smallest absolute Gasteiger partial charge is 0.246 e. The van der Waals surface area contributed by atoms with Gasteiger partial charge in [0.1, 0.15) is 0 Å². The minimum absolute atomic E-state index is 0. The lowest BCUT2D eigenvalue weighted by Gasteiger charge is -2.46. The number of hydrogen-bond acceptors (Lipinski definition) is 6. The first-order valence-electron chi connectivity index (χ1n) is 9.63. The molecular formula is C19H29ClN6OS. The van der Waals surface area contributed by atoms with Crippen LogP contribution in [0.3, 0.4) is 0 Å². The molecule has 9 heteroatoms. The zero-order valence-electron chi connectivity index (χ0n) is 16.1. The summed E-state index contributed by atoms with van der Waals surface area (Å²) in [4.78, 5) is 9.12. The highest BCUT2D eigenvalue weighted by Gasteiger charge is 2.34. The summed E-state index contributed by atoms with van der Waals surface area (Å²) in [6.07, 6.45) is 3.45. The Morgan fingerprint density at radius 1 is 1.25 bits per heavy atom. The number of benzene rings is 1. The number of nitrogens with zero attached hydrogens (tertiary/aromatic N) is 4. The van der Waals surface area contributed by atoms with E-state index >= 15 is 0 Å². The lowest BCUT2D eigenvalue weighted by molar-refractivity contribution is -0.0745. The summed E-state index contributed by atoms with van der Waals surface area (Å²) in [6.45, 7) is 5.82. The number of H-pyrrole nitrogens is 1. The quantitative estimate of drug-likeness (QED) is 0.784. The minimum Gasteiger partial charge on any atom is -0.376 e. The predicted octanol–water partition coefficient (Wildman–Crippen LogP) is 2.45. The Labute approximate surface area is 178 Å². The first-order chi connectivity index (χ1) is 13.1. The van der Waals surface area contributed by atoms with Gasteiger partial charge in [0, 0.05) is 36.7 Å². The van der Waals surface area contributed by atoms with Crippen LogP contribution >= 0.6 is 25.1 Å². The van der Waals surface area contributed by atoms with Crippen LogP contribution in [0.4, 0.5) is 11.9 Å². The molecule has 0 spiro atoms. The van der Waals surface area contributed by atoms with E-state index in [1.165, 1.54) is 5.56 Å². The molecule has 1 aromatic heterocycles. The van der Waals surface area contributed by atoms with Crippen LogP contribution in [-0.4, -0.2) is 64.5 Å². The van der Waals surface area contributed by atoms with Crippen molar-refractivity contribution in [2.75, 3.05) is 36.9 Å². The van der Waals surface area contributed by atoms with Gasteiger partial charge in [-0.2, -0.15) is 18.5 Å². The number of morpholine rings is 1. The van der Waals surface area contributed by atoms with Crippen molar-refractivity contribution in [2.45, 2.75) is 44.4 Å². The first kappa shape index (κ1) is 21.2. The molecule has 2 saturated heterocycles. The van der Waals surface area contributed by atoms with Gasteiger partial charge in [0.2, 0.25) is 11.9 Å². The first-order valence-corrected chi connectivity index (χ1v) is 10.0. The molecule has 154 valence electrons. The number of piperidine rings is 1. The molecule has 2 fully saturated rings. The Morgan fingerprint density at radius 3 is 2.61 bits per heavy atom. The molecule has 0 amide bonds. The number of aromatic amines is 1. The molecule has 2 aromatic rings. The van der Waals surface area contributed by atoms with Crippen LogP contribution in [0.1, 0.15) is 25.3 Å². The second-order valence-electron chi connectivity index (χ2n) is 7.56. The molecule has 0 aliphatic carbocycles. The molecule has 0 radical (unpaired) electrons. The number of rotatable bonds is 4. The number of halogens is 1. The molecule has 0 saturated carbocycles. The van der Waals surface area contributed by atoms with Crippen molar-refractivity contribution in [1.29, 1.82) is 0 Å². The van der Waals surface area contributed by atoms with Crippen molar-refractivity contribution in [2.24, 2.45) is 0 Å². The lowest BCUT2D eigenvalue weighted by Crippen LogP contribution is -2.56. The number of nitrogen functional groups attached to an aromatic ring is 1. The number of hydrogen-bond donors (Lipinski definition) is 2. The summed E-state index contributed by atoms with van der Waals surface area (Å²) in [5, 5.41) is 7.69. The van der Waals surface area contributed by atoms with Gasteiger partial charge in [0.05, 0.1) is 12.7 Å². The average Bonchev–Trinajstić information content (AvgIpc) is 3.11. The lowest BCUT2D eigenvalue weighted by atomic mass is 9.96. The van der Waals surface area contributed by atoms with Crippen LogP contribution < -0.4 is 10.6 Å². The van der Waals surface area contributed by atoms with Crippen molar-refractivity contribution in [3.8, 4) is 0 Å². The van der Waals surface area contributed by atoms with Crippen LogP contribution in [0.15, 0.2) is 24.3 Å².